The van der Waals surface area contributed by atoms with Crippen molar-refractivity contribution in [2.75, 3.05) is 18.8 Å². The molecule has 4 N–H and O–H groups in total. The number of anilines is 1. The maximum Gasteiger partial charge on any atom is 0.243 e. The highest BCUT2D eigenvalue weighted by molar-refractivity contribution is 7.89. The fourth-order valence-corrected chi connectivity index (χ4v) is 4.07. The number of carbonyl (C=O) groups is 1. The van der Waals surface area contributed by atoms with Gasteiger partial charge in [0.25, 0.3) is 0 Å². The summed E-state index contributed by atoms with van der Waals surface area (Å²) >= 11 is 0. The second kappa shape index (κ2) is 6.03. The van der Waals surface area contributed by atoms with E-state index in [1.807, 2.05) is 6.92 Å². The summed E-state index contributed by atoms with van der Waals surface area (Å²) in [5.41, 5.74) is 12.3. The molecule has 1 saturated heterocycles. The first-order chi connectivity index (χ1) is 9.80. The molecule has 2 rings (SSSR count). The smallest absolute Gasteiger partial charge is 0.243 e. The zero-order chi connectivity index (χ0) is 15.6. The van der Waals surface area contributed by atoms with Crippen LogP contribution in [0.25, 0.3) is 0 Å². The Morgan fingerprint density at radius 2 is 1.95 bits per heavy atom. The van der Waals surface area contributed by atoms with Gasteiger partial charge in [0.05, 0.1) is 4.90 Å². The fourth-order valence-electron chi connectivity index (χ4n) is 2.57. The number of amides is 1. The third-order valence-electron chi connectivity index (χ3n) is 3.95. The minimum absolute atomic E-state index is 0.178. The number of carbonyl (C=O) groups excluding carboxylic acids is 1. The number of hydrogen-bond donors (Lipinski definition) is 2. The molecular formula is C14H21N3O3S. The molecular weight excluding hydrogens is 290 g/mol. The number of benzene rings is 1. The maximum atomic E-state index is 12.6. The van der Waals surface area contributed by atoms with Crippen LogP contribution in [-0.4, -0.2) is 31.7 Å². The van der Waals surface area contributed by atoms with Crippen LogP contribution in [0.2, 0.25) is 0 Å². The van der Waals surface area contributed by atoms with Gasteiger partial charge in [0.2, 0.25) is 15.9 Å². The molecule has 116 valence electrons. The molecule has 0 bridgehead atoms. The van der Waals surface area contributed by atoms with E-state index in [-0.39, 0.29) is 16.7 Å². The Labute approximate surface area is 125 Å². The van der Waals surface area contributed by atoms with E-state index in [2.05, 4.69) is 0 Å². The van der Waals surface area contributed by atoms with Crippen LogP contribution in [0, 0.1) is 12.8 Å². The number of aryl methyl sites for hydroxylation is 1. The topological polar surface area (TPSA) is 106 Å². The lowest BCUT2D eigenvalue weighted by Crippen LogP contribution is -2.39. The molecule has 1 aromatic carbocycles. The van der Waals surface area contributed by atoms with Gasteiger partial charge in [0, 0.05) is 25.2 Å². The van der Waals surface area contributed by atoms with Gasteiger partial charge in [0.15, 0.2) is 0 Å². The third kappa shape index (κ3) is 3.54. The maximum absolute atomic E-state index is 12.6. The molecule has 6 nitrogen and oxygen atoms in total. The summed E-state index contributed by atoms with van der Waals surface area (Å²) < 4.78 is 26.6. The Morgan fingerprint density at radius 3 is 2.48 bits per heavy atom. The van der Waals surface area contributed by atoms with E-state index in [0.717, 1.165) is 5.56 Å². The Bertz CT molecular complexity index is 635. The van der Waals surface area contributed by atoms with Gasteiger partial charge in [-0.2, -0.15) is 4.31 Å². The first-order valence-corrected chi connectivity index (χ1v) is 8.39. The number of rotatable bonds is 4. The van der Waals surface area contributed by atoms with Gasteiger partial charge in [-0.15, -0.1) is 0 Å². The number of sulfonamides is 1. The molecule has 1 aliphatic rings. The van der Waals surface area contributed by atoms with Crippen molar-refractivity contribution in [3.8, 4) is 0 Å². The predicted molar refractivity (Wildman–Crippen MR) is 80.9 cm³/mol. The minimum Gasteiger partial charge on any atom is -0.398 e. The Balaban J connectivity index is 2.11. The Kier molecular flexibility index (Phi) is 4.53. The molecule has 0 aromatic heterocycles. The molecule has 0 aliphatic carbocycles. The number of nitrogens with two attached hydrogens (primary N) is 2. The molecule has 0 radical (unpaired) electrons. The average molecular weight is 311 g/mol. The van der Waals surface area contributed by atoms with Crippen LogP contribution in [0.3, 0.4) is 0 Å². The summed E-state index contributed by atoms with van der Waals surface area (Å²) in [4.78, 5) is 11.1. The van der Waals surface area contributed by atoms with Crippen molar-refractivity contribution in [3.63, 3.8) is 0 Å². The Hall–Kier alpha value is -1.60. The van der Waals surface area contributed by atoms with Crippen LogP contribution in [0.4, 0.5) is 5.69 Å². The van der Waals surface area contributed by atoms with E-state index in [1.165, 1.54) is 10.4 Å². The van der Waals surface area contributed by atoms with Gasteiger partial charge in [-0.25, -0.2) is 8.42 Å². The largest absolute Gasteiger partial charge is 0.398 e. The van der Waals surface area contributed by atoms with Crippen molar-refractivity contribution in [3.05, 3.63) is 23.8 Å². The summed E-state index contributed by atoms with van der Waals surface area (Å²) in [6, 6.07) is 4.79. The van der Waals surface area contributed by atoms with Crippen LogP contribution in [0.1, 0.15) is 24.8 Å². The van der Waals surface area contributed by atoms with Gasteiger partial charge in [-0.05, 0) is 43.4 Å². The summed E-state index contributed by atoms with van der Waals surface area (Å²) in [6.07, 6.45) is 1.64. The van der Waals surface area contributed by atoms with Gasteiger partial charge < -0.3 is 11.5 Å². The lowest BCUT2D eigenvalue weighted by Gasteiger charge is -2.30. The van der Waals surface area contributed by atoms with Gasteiger partial charge in [0.1, 0.15) is 0 Å². The fraction of sp³-hybridized carbons (Fsp3) is 0.500. The number of piperidine rings is 1. The van der Waals surface area contributed by atoms with E-state index in [4.69, 9.17) is 11.5 Å². The van der Waals surface area contributed by atoms with Gasteiger partial charge in [-0.1, -0.05) is 6.07 Å². The highest BCUT2D eigenvalue weighted by Gasteiger charge is 2.30. The van der Waals surface area contributed by atoms with Crippen molar-refractivity contribution in [2.24, 2.45) is 11.7 Å². The zero-order valence-corrected chi connectivity index (χ0v) is 12.9. The number of hydrogen-bond acceptors (Lipinski definition) is 4. The second-order valence-electron chi connectivity index (χ2n) is 5.54. The van der Waals surface area contributed by atoms with Crippen molar-refractivity contribution in [1.82, 2.24) is 4.31 Å². The SMILES string of the molecule is Cc1ccc(S(=O)(=O)N2CCC(CC(N)=O)CC2)cc1N. The average Bonchev–Trinajstić information content (AvgIpc) is 2.41. The molecule has 0 spiro atoms. The number of nitrogen functional groups attached to an aromatic ring is 1. The van der Waals surface area contributed by atoms with Crippen molar-refractivity contribution in [1.29, 1.82) is 0 Å². The first-order valence-electron chi connectivity index (χ1n) is 6.95. The van der Waals surface area contributed by atoms with Gasteiger partial charge >= 0.3 is 0 Å². The molecule has 1 heterocycles. The summed E-state index contributed by atoms with van der Waals surface area (Å²) in [6.45, 7) is 2.66. The third-order valence-corrected chi connectivity index (χ3v) is 5.85. The summed E-state index contributed by atoms with van der Waals surface area (Å²) in [5.74, 6) is -0.153. The predicted octanol–water partition coefficient (Wildman–Crippen LogP) is 0.853. The highest BCUT2D eigenvalue weighted by atomic mass is 32.2. The molecule has 1 amide bonds. The standard InChI is InChI=1S/C14H21N3O3S/c1-10-2-3-12(9-13(10)15)21(19,20)17-6-4-11(5-7-17)8-14(16)18/h2-3,9,11H,4-8,15H2,1H3,(H2,16,18). The van der Waals surface area contributed by atoms with E-state index in [9.17, 15) is 13.2 Å². The van der Waals surface area contributed by atoms with E-state index >= 15 is 0 Å². The quantitative estimate of drug-likeness (QED) is 0.804. The lowest BCUT2D eigenvalue weighted by molar-refractivity contribution is -0.119. The summed E-state index contributed by atoms with van der Waals surface area (Å²) in [7, 11) is -3.52. The minimum atomic E-state index is -3.52. The van der Waals surface area contributed by atoms with E-state index < -0.39 is 10.0 Å². The van der Waals surface area contributed by atoms with Crippen LogP contribution in [-0.2, 0) is 14.8 Å². The molecule has 1 aromatic rings. The van der Waals surface area contributed by atoms with E-state index in [1.54, 1.807) is 12.1 Å². The van der Waals surface area contributed by atoms with Crippen molar-refractivity contribution < 1.29 is 13.2 Å². The molecule has 21 heavy (non-hydrogen) atoms. The normalized spacial score (nSPS) is 17.8. The number of primary amides is 1. The van der Waals surface area contributed by atoms with Crippen LogP contribution >= 0.6 is 0 Å². The van der Waals surface area contributed by atoms with E-state index in [0.29, 0.717) is 38.0 Å². The summed E-state index contributed by atoms with van der Waals surface area (Å²) in [5, 5.41) is 0. The molecule has 1 aliphatic heterocycles. The molecule has 7 heteroatoms. The van der Waals surface area contributed by atoms with Gasteiger partial charge in [-0.3, -0.25) is 4.79 Å². The molecule has 0 unspecified atom stereocenters. The van der Waals surface area contributed by atoms with Crippen LogP contribution in [0.5, 0.6) is 0 Å². The van der Waals surface area contributed by atoms with Crippen molar-refractivity contribution in [2.45, 2.75) is 31.1 Å². The first kappa shape index (κ1) is 15.8. The second-order valence-corrected chi connectivity index (χ2v) is 7.47. The zero-order valence-electron chi connectivity index (χ0n) is 12.1. The highest BCUT2D eigenvalue weighted by Crippen LogP contribution is 2.26. The molecule has 0 saturated carbocycles. The lowest BCUT2D eigenvalue weighted by atomic mass is 9.94. The van der Waals surface area contributed by atoms with Crippen molar-refractivity contribution >= 4 is 21.6 Å². The van der Waals surface area contributed by atoms with Crippen LogP contribution < -0.4 is 11.5 Å². The van der Waals surface area contributed by atoms with Crippen LogP contribution in [0.15, 0.2) is 23.1 Å². The number of nitrogens with zero attached hydrogens (tertiary/aromatic N) is 1. The molecule has 1 fully saturated rings. The molecule has 0 atom stereocenters. The Morgan fingerprint density at radius 1 is 1.33 bits per heavy atom. The monoisotopic (exact) mass is 311 g/mol.